The zero-order valence-electron chi connectivity index (χ0n) is 14.9. The molecule has 1 aromatic heterocycles. The van der Waals surface area contributed by atoms with E-state index in [1.807, 2.05) is 6.92 Å². The van der Waals surface area contributed by atoms with Crippen LogP contribution in [0.25, 0.3) is 0 Å². The second kappa shape index (κ2) is 9.47. The Bertz CT molecular complexity index is 908. The maximum absolute atomic E-state index is 12.6. The van der Waals surface area contributed by atoms with Gasteiger partial charge in [-0.3, -0.25) is 9.69 Å². The molecular formula is C14H13Cl4N5O4S3. The van der Waals surface area contributed by atoms with Crippen molar-refractivity contribution in [1.82, 2.24) is 25.7 Å². The summed E-state index contributed by atoms with van der Waals surface area (Å²) in [5.74, 6) is -1.02. The number of halogens is 4. The molecule has 16 heteroatoms. The molecule has 0 aliphatic carbocycles. The lowest BCUT2D eigenvalue weighted by atomic mass is 10.0. The molecule has 1 fully saturated rings. The number of carbonyl (C=O) groups is 3. The van der Waals surface area contributed by atoms with Crippen LogP contribution in [0.15, 0.2) is 15.6 Å². The minimum Gasteiger partial charge on any atom is -0.477 e. The van der Waals surface area contributed by atoms with Gasteiger partial charge in [-0.25, -0.2) is 9.59 Å². The van der Waals surface area contributed by atoms with Crippen LogP contribution in [0.1, 0.15) is 5.01 Å². The summed E-state index contributed by atoms with van der Waals surface area (Å²) in [6.07, 6.45) is 0. The number of carboxylic acids is 1. The van der Waals surface area contributed by atoms with Gasteiger partial charge < -0.3 is 15.7 Å². The van der Waals surface area contributed by atoms with Gasteiger partial charge in [0.25, 0.3) is 5.91 Å². The first kappa shape index (κ1) is 24.0. The summed E-state index contributed by atoms with van der Waals surface area (Å²) in [7, 11) is 0. The third-order valence-corrected chi connectivity index (χ3v) is 8.78. The Morgan fingerprint density at radius 1 is 1.40 bits per heavy atom. The van der Waals surface area contributed by atoms with Crippen LogP contribution in [0.5, 0.6) is 0 Å². The molecule has 2 unspecified atom stereocenters. The van der Waals surface area contributed by atoms with E-state index in [1.165, 1.54) is 39.8 Å². The maximum atomic E-state index is 12.6. The predicted molar refractivity (Wildman–Crippen MR) is 119 cm³/mol. The number of amides is 3. The largest absolute Gasteiger partial charge is 0.477 e. The Kier molecular flexibility index (Phi) is 7.58. The number of β-lactam (4-membered cyclic amide) rings is 1. The lowest BCUT2D eigenvalue weighted by Gasteiger charge is -2.49. The highest BCUT2D eigenvalue weighted by atomic mass is 35.6. The van der Waals surface area contributed by atoms with E-state index in [0.29, 0.717) is 21.4 Å². The summed E-state index contributed by atoms with van der Waals surface area (Å²) < 4.78 is -1.22. The van der Waals surface area contributed by atoms with E-state index >= 15 is 0 Å². The minimum atomic E-state index is -1.94. The SMILES string of the molecule is Cc1nnc(SCC2=C(C(=O)O)N3C(=O)C(NC(=O)NC(Cl)C(Cl)(Cl)Cl)[C@@H]3SC2)s1. The zero-order chi connectivity index (χ0) is 22.2. The van der Waals surface area contributed by atoms with E-state index in [1.54, 1.807) is 0 Å². The summed E-state index contributed by atoms with van der Waals surface area (Å²) in [6, 6.07) is -1.74. The lowest BCUT2D eigenvalue weighted by Crippen LogP contribution is -2.71. The van der Waals surface area contributed by atoms with Gasteiger partial charge in [-0.05, 0) is 12.5 Å². The third kappa shape index (κ3) is 5.22. The molecule has 2 aliphatic rings. The van der Waals surface area contributed by atoms with Crippen LogP contribution in [0.2, 0.25) is 0 Å². The molecule has 3 heterocycles. The van der Waals surface area contributed by atoms with Crippen molar-refractivity contribution < 1.29 is 19.5 Å². The molecule has 0 saturated carbocycles. The number of urea groups is 1. The van der Waals surface area contributed by atoms with Crippen LogP contribution >= 0.6 is 81.3 Å². The fourth-order valence-electron chi connectivity index (χ4n) is 2.66. The van der Waals surface area contributed by atoms with Gasteiger partial charge in [-0.15, -0.1) is 22.0 Å². The van der Waals surface area contributed by atoms with Crippen LogP contribution < -0.4 is 10.6 Å². The highest BCUT2D eigenvalue weighted by molar-refractivity contribution is 8.01. The quantitative estimate of drug-likeness (QED) is 0.213. The van der Waals surface area contributed by atoms with Gasteiger partial charge in [0.1, 0.15) is 22.1 Å². The number of aryl methyl sites for hydroxylation is 1. The van der Waals surface area contributed by atoms with Gasteiger partial charge in [0.05, 0.1) is 0 Å². The average Bonchev–Trinajstić information content (AvgIpc) is 3.07. The van der Waals surface area contributed by atoms with Crippen molar-refractivity contribution in [3.63, 3.8) is 0 Å². The molecule has 9 nitrogen and oxygen atoms in total. The first-order valence-corrected chi connectivity index (χ1v) is 12.5. The summed E-state index contributed by atoms with van der Waals surface area (Å²) in [5.41, 5.74) is -0.808. The number of rotatable bonds is 6. The molecule has 3 N–H and O–H groups in total. The highest BCUT2D eigenvalue weighted by Gasteiger charge is 2.54. The first-order chi connectivity index (χ1) is 14.0. The van der Waals surface area contributed by atoms with Gasteiger partial charge in [0.2, 0.25) is 3.79 Å². The summed E-state index contributed by atoms with van der Waals surface area (Å²) >= 11 is 26.7. The van der Waals surface area contributed by atoms with E-state index < -0.39 is 38.6 Å². The topological polar surface area (TPSA) is 125 Å². The van der Waals surface area contributed by atoms with Crippen LogP contribution in [0.3, 0.4) is 0 Å². The van der Waals surface area contributed by atoms with Crippen molar-refractivity contribution in [2.45, 2.75) is 32.0 Å². The molecule has 3 atom stereocenters. The van der Waals surface area contributed by atoms with E-state index in [2.05, 4.69) is 20.8 Å². The van der Waals surface area contributed by atoms with Gasteiger partial charge >= 0.3 is 12.0 Å². The second-order valence-corrected chi connectivity index (χ2v) is 12.4. The molecule has 0 radical (unpaired) electrons. The minimum absolute atomic E-state index is 0.0764. The number of nitrogens with zero attached hydrogens (tertiary/aromatic N) is 3. The number of alkyl halides is 4. The standard InChI is InChI=1S/C14H13Cl4N5O4S3/c1-4-21-22-13(30-4)29-3-5-2-28-9-6(8(24)23(9)7(5)10(25)26)19-12(27)20-11(15)14(16,17)18/h6,9,11H,2-3H2,1H3,(H,25,26)(H2,19,20,27)/t6?,9-,11?/m0/s1. The second-order valence-electron chi connectivity index (χ2n) is 6.04. The number of carboxylic acid groups (broad SMARTS) is 1. The van der Waals surface area contributed by atoms with Crippen molar-refractivity contribution in [2.24, 2.45) is 0 Å². The Labute approximate surface area is 203 Å². The van der Waals surface area contributed by atoms with Crippen molar-refractivity contribution in [3.8, 4) is 0 Å². The van der Waals surface area contributed by atoms with Crippen molar-refractivity contribution in [2.75, 3.05) is 11.5 Å². The Hall–Kier alpha value is -0.630. The summed E-state index contributed by atoms with van der Waals surface area (Å²) in [4.78, 5) is 37.7. The number of hydrogen-bond acceptors (Lipinski definition) is 8. The molecule has 0 aromatic carbocycles. The van der Waals surface area contributed by atoms with E-state index in [9.17, 15) is 19.5 Å². The molecule has 30 heavy (non-hydrogen) atoms. The predicted octanol–water partition coefficient (Wildman–Crippen LogP) is 2.80. The number of thioether (sulfide) groups is 2. The monoisotopic (exact) mass is 551 g/mol. The van der Waals surface area contributed by atoms with Gasteiger partial charge in [0.15, 0.2) is 9.84 Å². The van der Waals surface area contributed by atoms with Crippen LogP contribution in [-0.2, 0) is 9.59 Å². The Balaban J connectivity index is 1.67. The van der Waals surface area contributed by atoms with E-state index in [-0.39, 0.29) is 5.70 Å². The van der Waals surface area contributed by atoms with Crippen molar-refractivity contribution in [3.05, 3.63) is 16.3 Å². The molecule has 3 rings (SSSR count). The third-order valence-electron chi connectivity index (χ3n) is 3.96. The normalized spacial score (nSPS) is 22.3. The van der Waals surface area contributed by atoms with E-state index in [4.69, 9.17) is 46.4 Å². The summed E-state index contributed by atoms with van der Waals surface area (Å²) in [5, 5.41) is 22.5. The van der Waals surface area contributed by atoms with Gasteiger partial charge in [-0.2, -0.15) is 0 Å². The molecule has 3 amide bonds. The maximum Gasteiger partial charge on any atom is 0.352 e. The lowest BCUT2D eigenvalue weighted by molar-refractivity contribution is -0.148. The van der Waals surface area contributed by atoms with Crippen LogP contribution in [-0.4, -0.2) is 70.3 Å². The first-order valence-electron chi connectivity index (χ1n) is 8.09. The van der Waals surface area contributed by atoms with Crippen molar-refractivity contribution >= 4 is 99.2 Å². The average molecular weight is 553 g/mol. The highest BCUT2D eigenvalue weighted by Crippen LogP contribution is 2.41. The molecular weight excluding hydrogens is 540 g/mol. The summed E-state index contributed by atoms with van der Waals surface area (Å²) in [6.45, 7) is 1.83. The number of carbonyl (C=O) groups excluding carboxylic acids is 2. The molecule has 1 saturated heterocycles. The van der Waals surface area contributed by atoms with Crippen LogP contribution in [0, 0.1) is 6.92 Å². The smallest absolute Gasteiger partial charge is 0.352 e. The van der Waals surface area contributed by atoms with Crippen LogP contribution in [0.4, 0.5) is 4.79 Å². The molecule has 164 valence electrons. The molecule has 2 aliphatic heterocycles. The number of aromatic nitrogens is 2. The molecule has 0 spiro atoms. The zero-order valence-corrected chi connectivity index (χ0v) is 20.4. The number of hydrogen-bond donors (Lipinski definition) is 3. The fourth-order valence-corrected chi connectivity index (χ4v) is 6.22. The van der Waals surface area contributed by atoms with Crippen molar-refractivity contribution in [1.29, 1.82) is 0 Å². The Morgan fingerprint density at radius 3 is 2.67 bits per heavy atom. The van der Waals surface area contributed by atoms with Gasteiger partial charge in [-0.1, -0.05) is 69.5 Å². The fraction of sp³-hybridized carbons (Fsp3) is 0.500. The van der Waals surface area contributed by atoms with Gasteiger partial charge in [0, 0.05) is 11.5 Å². The molecule has 0 bridgehead atoms. The Morgan fingerprint density at radius 2 is 2.10 bits per heavy atom. The molecule has 1 aromatic rings. The number of nitrogens with one attached hydrogen (secondary N) is 2. The number of fused-ring (bicyclic) bond motifs is 1. The number of aliphatic carboxylic acids is 1. The van der Waals surface area contributed by atoms with E-state index in [0.717, 1.165) is 5.01 Å².